The minimum atomic E-state index is -4.40. The molecule has 0 bridgehead atoms. The first-order valence-corrected chi connectivity index (χ1v) is 9.76. The van der Waals surface area contributed by atoms with E-state index < -0.39 is 12.8 Å². The van der Waals surface area contributed by atoms with Crippen LogP contribution in [0, 0.1) is 6.92 Å². The van der Waals surface area contributed by atoms with Crippen molar-refractivity contribution in [3.8, 4) is 5.75 Å². The van der Waals surface area contributed by atoms with Crippen LogP contribution in [-0.4, -0.2) is 45.3 Å². The SMILES string of the molecule is CN=C(NCCc1cccc(C(=O)NC)c1)NCc1ccc(C)cc1OCC(F)(F)F. The van der Waals surface area contributed by atoms with Gasteiger partial charge >= 0.3 is 6.18 Å². The lowest BCUT2D eigenvalue weighted by Crippen LogP contribution is -2.38. The van der Waals surface area contributed by atoms with Gasteiger partial charge in [0.25, 0.3) is 5.91 Å². The summed E-state index contributed by atoms with van der Waals surface area (Å²) in [5, 5.41) is 8.83. The van der Waals surface area contributed by atoms with Crippen molar-refractivity contribution in [1.29, 1.82) is 0 Å². The van der Waals surface area contributed by atoms with Gasteiger partial charge in [0.1, 0.15) is 5.75 Å². The third-order valence-corrected chi connectivity index (χ3v) is 4.41. The van der Waals surface area contributed by atoms with Gasteiger partial charge < -0.3 is 20.7 Å². The maximum atomic E-state index is 12.5. The fourth-order valence-electron chi connectivity index (χ4n) is 2.84. The third-order valence-electron chi connectivity index (χ3n) is 4.41. The summed E-state index contributed by atoms with van der Waals surface area (Å²) < 4.78 is 42.5. The van der Waals surface area contributed by atoms with Crippen LogP contribution in [0.25, 0.3) is 0 Å². The number of aryl methyl sites for hydroxylation is 1. The van der Waals surface area contributed by atoms with E-state index in [1.165, 1.54) is 0 Å². The highest BCUT2D eigenvalue weighted by Crippen LogP contribution is 2.23. The highest BCUT2D eigenvalue weighted by Gasteiger charge is 2.28. The summed E-state index contributed by atoms with van der Waals surface area (Å²) in [6.45, 7) is 1.25. The first-order chi connectivity index (χ1) is 14.7. The van der Waals surface area contributed by atoms with Crippen molar-refractivity contribution in [3.05, 3.63) is 64.7 Å². The van der Waals surface area contributed by atoms with Crippen molar-refractivity contribution in [3.63, 3.8) is 0 Å². The Kier molecular flexibility index (Phi) is 8.72. The van der Waals surface area contributed by atoms with Gasteiger partial charge in [-0.15, -0.1) is 0 Å². The molecule has 0 saturated carbocycles. The summed E-state index contributed by atoms with van der Waals surface area (Å²) in [5.74, 6) is 0.546. The number of rotatable bonds is 8. The van der Waals surface area contributed by atoms with Crippen LogP contribution in [0.15, 0.2) is 47.5 Å². The van der Waals surface area contributed by atoms with Crippen molar-refractivity contribution >= 4 is 11.9 Å². The smallest absolute Gasteiger partial charge is 0.422 e. The van der Waals surface area contributed by atoms with Crippen molar-refractivity contribution in [2.24, 2.45) is 4.99 Å². The van der Waals surface area contributed by atoms with E-state index in [0.717, 1.165) is 11.1 Å². The molecule has 0 aromatic heterocycles. The van der Waals surface area contributed by atoms with Gasteiger partial charge in [-0.2, -0.15) is 13.2 Å². The molecule has 0 spiro atoms. The second-order valence-electron chi connectivity index (χ2n) is 6.90. The van der Waals surface area contributed by atoms with Crippen LogP contribution in [0.5, 0.6) is 5.75 Å². The van der Waals surface area contributed by atoms with E-state index in [-0.39, 0.29) is 18.2 Å². The van der Waals surface area contributed by atoms with E-state index in [0.29, 0.717) is 30.1 Å². The normalized spacial score (nSPS) is 11.7. The van der Waals surface area contributed by atoms with Crippen LogP contribution < -0.4 is 20.7 Å². The van der Waals surface area contributed by atoms with Crippen molar-refractivity contribution < 1.29 is 22.7 Å². The van der Waals surface area contributed by atoms with Crippen LogP contribution in [0.3, 0.4) is 0 Å². The molecule has 0 saturated heterocycles. The number of guanidine groups is 1. The van der Waals surface area contributed by atoms with Gasteiger partial charge in [0.05, 0.1) is 0 Å². The van der Waals surface area contributed by atoms with E-state index >= 15 is 0 Å². The topological polar surface area (TPSA) is 74.8 Å². The monoisotopic (exact) mass is 436 g/mol. The standard InChI is InChI=1S/C22H27F3N4O2/c1-15-7-8-18(19(11-15)31-14-22(23,24)25)13-29-21(27-3)28-10-9-16-5-4-6-17(12-16)20(30)26-2/h4-8,11-12H,9-10,13-14H2,1-3H3,(H,26,30)(H2,27,28,29). The molecule has 0 aliphatic carbocycles. The van der Waals surface area contributed by atoms with Gasteiger partial charge in [0.2, 0.25) is 0 Å². The number of benzene rings is 2. The van der Waals surface area contributed by atoms with E-state index in [9.17, 15) is 18.0 Å². The Balaban J connectivity index is 1.91. The predicted octanol–water partition coefficient (Wildman–Crippen LogP) is 3.20. The predicted molar refractivity (Wildman–Crippen MR) is 114 cm³/mol. The highest BCUT2D eigenvalue weighted by atomic mass is 19.4. The Morgan fingerprint density at radius 2 is 1.90 bits per heavy atom. The molecule has 0 atom stereocenters. The second-order valence-corrected chi connectivity index (χ2v) is 6.90. The average Bonchev–Trinajstić information content (AvgIpc) is 2.74. The summed E-state index contributed by atoms with van der Waals surface area (Å²) in [7, 11) is 3.19. The van der Waals surface area contributed by atoms with Gasteiger partial charge in [-0.25, -0.2) is 0 Å². The Labute approximate surface area is 179 Å². The quantitative estimate of drug-likeness (QED) is 0.439. The maximum absolute atomic E-state index is 12.5. The van der Waals surface area contributed by atoms with Crippen LogP contribution in [-0.2, 0) is 13.0 Å². The van der Waals surface area contributed by atoms with E-state index in [2.05, 4.69) is 20.9 Å². The number of amides is 1. The minimum Gasteiger partial charge on any atom is -0.484 e. The zero-order valence-corrected chi connectivity index (χ0v) is 17.8. The molecule has 0 heterocycles. The number of ether oxygens (including phenoxy) is 1. The lowest BCUT2D eigenvalue weighted by atomic mass is 10.1. The number of nitrogens with one attached hydrogen (secondary N) is 3. The van der Waals surface area contributed by atoms with Crippen molar-refractivity contribution in [2.75, 3.05) is 27.2 Å². The molecule has 31 heavy (non-hydrogen) atoms. The Bertz CT molecular complexity index is 914. The van der Waals surface area contributed by atoms with Crippen LogP contribution in [0.1, 0.15) is 27.0 Å². The largest absolute Gasteiger partial charge is 0.484 e. The number of carbonyl (C=O) groups excluding carboxylic acids is 1. The van der Waals surface area contributed by atoms with E-state index in [1.54, 1.807) is 39.2 Å². The fraction of sp³-hybridized carbons (Fsp3) is 0.364. The van der Waals surface area contributed by atoms with Crippen molar-refractivity contribution in [2.45, 2.75) is 26.1 Å². The molecule has 6 nitrogen and oxygen atoms in total. The number of hydrogen-bond acceptors (Lipinski definition) is 3. The Hall–Kier alpha value is -3.23. The third kappa shape index (κ3) is 8.19. The molecule has 0 aliphatic rings. The lowest BCUT2D eigenvalue weighted by molar-refractivity contribution is -0.153. The zero-order chi connectivity index (χ0) is 22.9. The minimum absolute atomic E-state index is 0.145. The van der Waals surface area contributed by atoms with Gasteiger partial charge in [0, 0.05) is 38.3 Å². The number of alkyl halides is 3. The second kappa shape index (κ2) is 11.2. The molecule has 3 N–H and O–H groups in total. The number of carbonyl (C=O) groups is 1. The highest BCUT2D eigenvalue weighted by molar-refractivity contribution is 5.94. The molecular formula is C22H27F3N4O2. The molecular weight excluding hydrogens is 409 g/mol. The molecule has 2 aromatic carbocycles. The molecule has 0 aliphatic heterocycles. The Morgan fingerprint density at radius 3 is 2.58 bits per heavy atom. The molecule has 0 unspecified atom stereocenters. The average molecular weight is 436 g/mol. The number of hydrogen-bond donors (Lipinski definition) is 3. The maximum Gasteiger partial charge on any atom is 0.422 e. The van der Waals surface area contributed by atoms with Crippen molar-refractivity contribution in [1.82, 2.24) is 16.0 Å². The molecule has 9 heteroatoms. The molecule has 2 rings (SSSR count). The van der Waals surface area contributed by atoms with Gasteiger partial charge in [-0.05, 0) is 42.7 Å². The van der Waals surface area contributed by atoms with E-state index in [1.807, 2.05) is 24.3 Å². The van der Waals surface area contributed by atoms with Crippen LogP contribution in [0.2, 0.25) is 0 Å². The van der Waals surface area contributed by atoms with Gasteiger partial charge in [-0.1, -0.05) is 24.3 Å². The van der Waals surface area contributed by atoms with Gasteiger partial charge in [0.15, 0.2) is 12.6 Å². The molecule has 2 aromatic rings. The molecule has 168 valence electrons. The zero-order valence-electron chi connectivity index (χ0n) is 17.8. The summed E-state index contributed by atoms with van der Waals surface area (Å²) in [5.41, 5.74) is 2.98. The van der Waals surface area contributed by atoms with Gasteiger partial charge in [-0.3, -0.25) is 9.79 Å². The molecule has 0 fully saturated rings. The summed E-state index contributed by atoms with van der Waals surface area (Å²) in [4.78, 5) is 15.9. The summed E-state index contributed by atoms with van der Waals surface area (Å²) in [6.07, 6.45) is -3.74. The molecule has 0 radical (unpaired) electrons. The molecule has 1 amide bonds. The Morgan fingerprint density at radius 1 is 1.13 bits per heavy atom. The van der Waals surface area contributed by atoms with Crippen LogP contribution in [0.4, 0.5) is 13.2 Å². The number of halogens is 3. The summed E-state index contributed by atoms with van der Waals surface area (Å²) >= 11 is 0. The lowest BCUT2D eigenvalue weighted by Gasteiger charge is -2.16. The first-order valence-electron chi connectivity index (χ1n) is 9.76. The van der Waals surface area contributed by atoms with E-state index in [4.69, 9.17) is 4.74 Å². The first kappa shape index (κ1) is 24.0. The fourth-order valence-corrected chi connectivity index (χ4v) is 2.84. The van der Waals surface area contributed by atoms with Crippen LogP contribution >= 0.6 is 0 Å². The number of nitrogens with zero attached hydrogens (tertiary/aromatic N) is 1. The number of aliphatic imine (C=N–C) groups is 1. The summed E-state index contributed by atoms with van der Waals surface area (Å²) in [6, 6.07) is 12.5.